The minimum atomic E-state index is -5.57. The molecule has 0 spiro atoms. The van der Waals surface area contributed by atoms with Crippen molar-refractivity contribution in [2.24, 2.45) is 11.1 Å². The molecular weight excluding hydrogens is 809 g/mol. The van der Waals surface area contributed by atoms with Crippen LogP contribution in [0.15, 0.2) is 25.3 Å². The maximum absolute atomic E-state index is 12.6. The van der Waals surface area contributed by atoms with Crippen molar-refractivity contribution in [3.63, 3.8) is 0 Å². The number of aliphatic hydroxyl groups excluding tert-OH is 2. The highest BCUT2D eigenvalue weighted by molar-refractivity contribution is 8.13. The Balaban J connectivity index is 1.51. The Kier molecular flexibility index (Phi) is 16.0. The largest absolute Gasteiger partial charge is 0.481 e. The van der Waals surface area contributed by atoms with Crippen molar-refractivity contribution in [2.45, 2.75) is 57.0 Å². The van der Waals surface area contributed by atoms with Gasteiger partial charge < -0.3 is 56.6 Å². The second kappa shape index (κ2) is 18.9. The van der Waals surface area contributed by atoms with Crippen LogP contribution in [-0.4, -0.2) is 129 Å². The highest BCUT2D eigenvalue weighted by Gasteiger charge is 2.50. The van der Waals surface area contributed by atoms with Gasteiger partial charge in [-0.3, -0.25) is 32.5 Å². The molecule has 12 N–H and O–H groups in total. The third kappa shape index (κ3) is 13.2. The standard InChI is InChI=1S/C25H41N8O17P3S/c1-4-13(26)24(38)54-8-7-28-15(34)5-6-29-22(37)19(36)25(2,3)10-47-53(44,45)50-52(42,43)46-9-14-18(49-51(39,40)41)17(35)23(48-14)33-12-32-16-20(27)30-11-31-21(16)33/h4,11-14,17-19,23,35-36H,1,5-10,26H2,2-3H3,(H,28,34)(H,29,37)(H,42,43)(H,44,45)(H2,27,30,31)(H2,39,40,41). The van der Waals surface area contributed by atoms with E-state index in [4.69, 9.17) is 25.3 Å². The number of anilines is 1. The molecule has 25 nitrogen and oxygen atoms in total. The number of phosphoric acid groups is 3. The third-order valence-electron chi connectivity index (χ3n) is 7.27. The predicted octanol–water partition coefficient (Wildman–Crippen LogP) is -1.82. The number of carbonyl (C=O) groups excluding carboxylic acids is 3. The molecule has 0 aromatic carbocycles. The number of nitrogen functional groups attached to an aromatic ring is 1. The van der Waals surface area contributed by atoms with Crippen molar-refractivity contribution in [1.82, 2.24) is 30.2 Å². The van der Waals surface area contributed by atoms with Crippen LogP contribution in [0, 0.1) is 5.41 Å². The first kappa shape index (κ1) is 45.6. The lowest BCUT2D eigenvalue weighted by Gasteiger charge is -2.30. The normalized spacial score (nSPS) is 22.5. The van der Waals surface area contributed by atoms with Crippen LogP contribution in [-0.2, 0) is 50.7 Å². The summed E-state index contributed by atoms with van der Waals surface area (Å²) < 4.78 is 61.9. The van der Waals surface area contributed by atoms with E-state index in [2.05, 4.69) is 41.0 Å². The lowest BCUT2D eigenvalue weighted by Crippen LogP contribution is -2.46. The molecule has 0 bridgehead atoms. The number of ether oxygens (including phenoxy) is 1. The van der Waals surface area contributed by atoms with Gasteiger partial charge in [0.2, 0.25) is 16.9 Å². The van der Waals surface area contributed by atoms with Crippen molar-refractivity contribution < 1.29 is 80.5 Å². The molecule has 304 valence electrons. The maximum atomic E-state index is 12.6. The molecule has 1 fully saturated rings. The molecule has 54 heavy (non-hydrogen) atoms. The van der Waals surface area contributed by atoms with E-state index in [9.17, 15) is 57.9 Å². The number of phosphoric ester groups is 3. The number of nitrogens with two attached hydrogens (primary N) is 2. The zero-order valence-corrected chi connectivity index (χ0v) is 32.0. The Bertz CT molecular complexity index is 1810. The summed E-state index contributed by atoms with van der Waals surface area (Å²) in [4.78, 5) is 87.0. The number of hydrogen-bond donors (Lipinski definition) is 10. The van der Waals surface area contributed by atoms with Gasteiger partial charge in [-0.05, 0) is 0 Å². The Hall–Kier alpha value is -2.74. The van der Waals surface area contributed by atoms with Crippen LogP contribution in [0.5, 0.6) is 0 Å². The van der Waals surface area contributed by atoms with Crippen molar-refractivity contribution >= 4 is 69.1 Å². The van der Waals surface area contributed by atoms with Crippen molar-refractivity contribution in [3.8, 4) is 0 Å². The Morgan fingerprint density at radius 3 is 2.43 bits per heavy atom. The average Bonchev–Trinajstić information content (AvgIpc) is 3.64. The van der Waals surface area contributed by atoms with Crippen LogP contribution in [0.25, 0.3) is 11.2 Å². The molecule has 8 atom stereocenters. The number of nitrogens with zero attached hydrogens (tertiary/aromatic N) is 4. The SMILES string of the molecule is C=CC(N)C(=O)SCCNC(=O)CCNC(=O)C(O)C(C)(C)COP(=O)(O)OP(=O)(O)OCC1OC(n2cnc3c(N)ncnc32)C(O)C1OP(=O)(O)O. The van der Waals surface area contributed by atoms with Gasteiger partial charge in [-0.25, -0.2) is 28.6 Å². The Morgan fingerprint density at radius 1 is 1.11 bits per heavy atom. The summed E-state index contributed by atoms with van der Waals surface area (Å²) in [6.45, 7) is 3.77. The van der Waals surface area contributed by atoms with Gasteiger partial charge in [0.25, 0.3) is 0 Å². The Morgan fingerprint density at radius 2 is 1.78 bits per heavy atom. The molecule has 0 aliphatic carbocycles. The second-order valence-electron chi connectivity index (χ2n) is 12.0. The number of imidazole rings is 1. The first-order chi connectivity index (χ1) is 25.0. The minimum absolute atomic E-state index is 0.0263. The topological polar surface area (TPSA) is 390 Å². The number of nitrogens with one attached hydrogen (secondary N) is 2. The van der Waals surface area contributed by atoms with E-state index < -0.39 is 90.6 Å². The van der Waals surface area contributed by atoms with Crippen molar-refractivity contribution in [2.75, 3.05) is 37.8 Å². The fourth-order valence-electron chi connectivity index (χ4n) is 4.47. The van der Waals surface area contributed by atoms with Gasteiger partial charge >= 0.3 is 23.5 Å². The molecule has 1 saturated heterocycles. The molecule has 0 radical (unpaired) electrons. The molecule has 3 heterocycles. The first-order valence-electron chi connectivity index (χ1n) is 15.4. The number of carbonyl (C=O) groups is 3. The van der Waals surface area contributed by atoms with Gasteiger partial charge in [0.05, 0.1) is 25.6 Å². The van der Waals surface area contributed by atoms with Crippen molar-refractivity contribution in [1.29, 1.82) is 0 Å². The lowest BCUT2D eigenvalue weighted by molar-refractivity contribution is -0.137. The van der Waals surface area contributed by atoms with Crippen LogP contribution >= 0.6 is 35.2 Å². The smallest absolute Gasteiger partial charge is 0.386 e. The van der Waals surface area contributed by atoms with Gasteiger partial charge in [0.15, 0.2) is 17.7 Å². The fourth-order valence-corrected chi connectivity index (χ4v) is 8.00. The monoisotopic (exact) mass is 850 g/mol. The molecule has 3 rings (SSSR count). The third-order valence-corrected chi connectivity index (χ3v) is 11.3. The molecule has 0 saturated carbocycles. The van der Waals surface area contributed by atoms with Crippen LogP contribution < -0.4 is 22.1 Å². The fraction of sp³-hybridized carbons (Fsp3) is 0.600. The van der Waals surface area contributed by atoms with Crippen molar-refractivity contribution in [3.05, 3.63) is 25.3 Å². The highest BCUT2D eigenvalue weighted by Crippen LogP contribution is 2.61. The van der Waals surface area contributed by atoms with Crippen LogP contribution in [0.2, 0.25) is 0 Å². The number of aliphatic hydroxyl groups is 2. The van der Waals surface area contributed by atoms with E-state index in [0.717, 1.165) is 29.0 Å². The van der Waals surface area contributed by atoms with Crippen LogP contribution in [0.1, 0.15) is 26.5 Å². The summed E-state index contributed by atoms with van der Waals surface area (Å²) in [7, 11) is -16.4. The van der Waals surface area contributed by atoms with E-state index in [1.54, 1.807) is 0 Å². The van der Waals surface area contributed by atoms with Gasteiger partial charge in [-0.15, -0.1) is 6.58 Å². The predicted molar refractivity (Wildman–Crippen MR) is 185 cm³/mol. The summed E-state index contributed by atoms with van der Waals surface area (Å²) in [5, 5.41) is 25.9. The summed E-state index contributed by atoms with van der Waals surface area (Å²) in [6, 6.07) is -0.831. The highest BCUT2D eigenvalue weighted by atomic mass is 32.2. The Labute approximate surface area is 310 Å². The quantitative estimate of drug-likeness (QED) is 0.0375. The van der Waals surface area contributed by atoms with Gasteiger partial charge in [0, 0.05) is 30.7 Å². The van der Waals surface area contributed by atoms with E-state index in [-0.39, 0.29) is 47.4 Å². The zero-order chi connectivity index (χ0) is 40.6. The lowest BCUT2D eigenvalue weighted by atomic mass is 9.87. The van der Waals surface area contributed by atoms with E-state index in [1.807, 2.05) is 0 Å². The number of fused-ring (bicyclic) bond motifs is 1. The van der Waals surface area contributed by atoms with Gasteiger partial charge in [-0.2, -0.15) is 4.31 Å². The molecule has 2 aromatic heterocycles. The van der Waals surface area contributed by atoms with E-state index in [0.29, 0.717) is 0 Å². The summed E-state index contributed by atoms with van der Waals surface area (Å²) in [5.41, 5.74) is 9.75. The summed E-state index contributed by atoms with van der Waals surface area (Å²) >= 11 is 0.907. The summed E-state index contributed by atoms with van der Waals surface area (Å²) in [6.07, 6.45) is -5.70. The number of amides is 2. The zero-order valence-electron chi connectivity index (χ0n) is 28.5. The van der Waals surface area contributed by atoms with E-state index >= 15 is 0 Å². The van der Waals surface area contributed by atoms with Crippen LogP contribution in [0.4, 0.5) is 5.82 Å². The molecule has 2 aromatic rings. The molecule has 1 aliphatic rings. The number of rotatable bonds is 21. The molecule has 8 unspecified atom stereocenters. The van der Waals surface area contributed by atoms with Gasteiger partial charge in [-0.1, -0.05) is 31.7 Å². The average molecular weight is 851 g/mol. The molecule has 1 aliphatic heterocycles. The molecule has 29 heteroatoms. The second-order valence-corrected chi connectivity index (χ2v) is 17.3. The number of thioether (sulfide) groups is 1. The number of hydrogen-bond acceptors (Lipinski definition) is 19. The maximum Gasteiger partial charge on any atom is 0.481 e. The van der Waals surface area contributed by atoms with Crippen LogP contribution in [0.3, 0.4) is 0 Å². The van der Waals surface area contributed by atoms with Gasteiger partial charge in [0.1, 0.15) is 36.3 Å². The molecule has 2 amide bonds. The summed E-state index contributed by atoms with van der Waals surface area (Å²) in [5.74, 6) is -1.27. The first-order valence-corrected chi connectivity index (χ1v) is 20.9. The number of aromatic nitrogens is 4. The minimum Gasteiger partial charge on any atom is -0.386 e. The molecular formula is C25H41N8O17P3S. The van der Waals surface area contributed by atoms with E-state index in [1.165, 1.54) is 19.9 Å².